The van der Waals surface area contributed by atoms with Gasteiger partial charge in [0.2, 0.25) is 11.8 Å². The molecule has 1 aliphatic heterocycles. The molecular weight excluding hydrogens is 460 g/mol. The molecule has 3 aromatic heterocycles. The number of rotatable bonds is 5. The second kappa shape index (κ2) is 9.40. The van der Waals surface area contributed by atoms with Crippen molar-refractivity contribution in [2.24, 2.45) is 0 Å². The summed E-state index contributed by atoms with van der Waals surface area (Å²) in [7, 11) is 0. The van der Waals surface area contributed by atoms with Crippen LogP contribution in [0.5, 0.6) is 0 Å². The second-order valence-electron chi connectivity index (χ2n) is 9.66. The summed E-state index contributed by atoms with van der Waals surface area (Å²) >= 11 is 0. The minimum absolute atomic E-state index is 0.233. The third-order valence-electron chi connectivity index (χ3n) is 5.77. The monoisotopic (exact) mass is 490 g/mol. The molecule has 1 amide bonds. The van der Waals surface area contributed by atoms with Crippen molar-refractivity contribution in [1.82, 2.24) is 24.5 Å². The Kier molecular flexibility index (Phi) is 6.13. The first-order valence-electron chi connectivity index (χ1n) is 11.9. The van der Waals surface area contributed by atoms with Crippen LogP contribution in [0.25, 0.3) is 17.2 Å². The maximum absolute atomic E-state index is 12.3. The van der Waals surface area contributed by atoms with E-state index in [1.807, 2.05) is 26.8 Å². The molecule has 3 N–H and O–H groups in total. The number of nitrogen functional groups attached to an aromatic ring is 1. The number of amides is 1. The summed E-state index contributed by atoms with van der Waals surface area (Å²) in [5.74, 6) is 1.85. The predicted octanol–water partition coefficient (Wildman–Crippen LogP) is 3.64. The SMILES string of the molecule is CC(C)(C)OC(=O)N1CCN(c2cccc(CNc3cc4nc(-c5ccco5)nn4c(N)n3)c2)CC1. The molecule has 0 saturated carbocycles. The molecule has 0 spiro atoms. The molecular formula is C25H30N8O3. The fourth-order valence-electron chi connectivity index (χ4n) is 4.04. The topological polar surface area (TPSA) is 127 Å². The summed E-state index contributed by atoms with van der Waals surface area (Å²) in [6, 6.07) is 13.7. The molecule has 11 heteroatoms. The number of carbonyl (C=O) groups is 1. The molecule has 5 rings (SSSR count). The number of benzene rings is 1. The highest BCUT2D eigenvalue weighted by atomic mass is 16.6. The number of hydrogen-bond acceptors (Lipinski definition) is 9. The normalized spacial score (nSPS) is 14.3. The van der Waals surface area contributed by atoms with E-state index in [2.05, 4.69) is 43.5 Å². The van der Waals surface area contributed by atoms with Gasteiger partial charge in [0.15, 0.2) is 11.4 Å². The highest BCUT2D eigenvalue weighted by molar-refractivity contribution is 5.68. The van der Waals surface area contributed by atoms with Gasteiger partial charge >= 0.3 is 6.09 Å². The van der Waals surface area contributed by atoms with E-state index < -0.39 is 5.60 Å². The zero-order valence-corrected chi connectivity index (χ0v) is 20.6. The molecule has 4 heterocycles. The molecule has 1 aliphatic rings. The number of piperazine rings is 1. The number of furan rings is 1. The van der Waals surface area contributed by atoms with Crippen LogP contribution in [0.15, 0.2) is 53.1 Å². The van der Waals surface area contributed by atoms with Crippen molar-refractivity contribution in [1.29, 1.82) is 0 Å². The molecule has 188 valence electrons. The fourth-order valence-corrected chi connectivity index (χ4v) is 4.04. The van der Waals surface area contributed by atoms with Gasteiger partial charge in [0, 0.05) is 44.5 Å². The minimum Gasteiger partial charge on any atom is -0.461 e. The van der Waals surface area contributed by atoms with Gasteiger partial charge in [-0.25, -0.2) is 9.78 Å². The van der Waals surface area contributed by atoms with Crippen molar-refractivity contribution in [2.45, 2.75) is 32.9 Å². The van der Waals surface area contributed by atoms with Gasteiger partial charge in [-0.05, 0) is 50.6 Å². The zero-order valence-electron chi connectivity index (χ0n) is 20.6. The van der Waals surface area contributed by atoms with Crippen LogP contribution in [0.1, 0.15) is 26.3 Å². The number of nitrogens with one attached hydrogen (secondary N) is 1. The van der Waals surface area contributed by atoms with Crippen LogP contribution < -0.4 is 16.0 Å². The van der Waals surface area contributed by atoms with Crippen molar-refractivity contribution >= 4 is 29.2 Å². The Hall–Kier alpha value is -4.28. The minimum atomic E-state index is -0.491. The number of hydrogen-bond donors (Lipinski definition) is 2. The Morgan fingerprint density at radius 2 is 1.92 bits per heavy atom. The Bertz CT molecular complexity index is 1350. The Morgan fingerprint density at radius 1 is 1.11 bits per heavy atom. The number of fused-ring (bicyclic) bond motifs is 1. The second-order valence-corrected chi connectivity index (χ2v) is 9.66. The van der Waals surface area contributed by atoms with Gasteiger partial charge in [-0.15, -0.1) is 5.10 Å². The van der Waals surface area contributed by atoms with E-state index in [0.717, 1.165) is 24.3 Å². The molecule has 0 aliphatic carbocycles. The van der Waals surface area contributed by atoms with Gasteiger partial charge in [-0.2, -0.15) is 9.50 Å². The Balaban J connectivity index is 1.22. The van der Waals surface area contributed by atoms with Gasteiger partial charge in [-0.1, -0.05) is 12.1 Å². The highest BCUT2D eigenvalue weighted by Gasteiger charge is 2.26. The van der Waals surface area contributed by atoms with Crippen LogP contribution >= 0.6 is 0 Å². The highest BCUT2D eigenvalue weighted by Crippen LogP contribution is 2.22. The van der Waals surface area contributed by atoms with Crippen molar-refractivity contribution in [3.05, 3.63) is 54.3 Å². The number of nitrogens with two attached hydrogens (primary N) is 1. The van der Waals surface area contributed by atoms with E-state index in [1.54, 1.807) is 29.4 Å². The first-order chi connectivity index (χ1) is 17.2. The third kappa shape index (κ3) is 5.19. The summed E-state index contributed by atoms with van der Waals surface area (Å²) in [4.78, 5) is 25.3. The summed E-state index contributed by atoms with van der Waals surface area (Å²) in [6.45, 7) is 8.95. The third-order valence-corrected chi connectivity index (χ3v) is 5.77. The van der Waals surface area contributed by atoms with E-state index in [0.29, 0.717) is 42.7 Å². The van der Waals surface area contributed by atoms with Gasteiger partial charge < -0.3 is 30.0 Å². The first-order valence-corrected chi connectivity index (χ1v) is 11.9. The van der Waals surface area contributed by atoms with E-state index in [4.69, 9.17) is 14.9 Å². The van der Waals surface area contributed by atoms with Crippen molar-refractivity contribution < 1.29 is 13.9 Å². The van der Waals surface area contributed by atoms with Crippen LogP contribution in [0.4, 0.5) is 22.2 Å². The molecule has 0 bridgehead atoms. The molecule has 0 unspecified atom stereocenters. The molecule has 11 nitrogen and oxygen atoms in total. The number of aromatic nitrogens is 4. The van der Waals surface area contributed by atoms with Crippen molar-refractivity contribution in [3.8, 4) is 11.6 Å². The lowest BCUT2D eigenvalue weighted by molar-refractivity contribution is 0.0240. The maximum Gasteiger partial charge on any atom is 0.410 e. The summed E-state index contributed by atoms with van der Waals surface area (Å²) in [6.07, 6.45) is 1.32. The molecule has 1 saturated heterocycles. The van der Waals surface area contributed by atoms with Crippen LogP contribution in [-0.2, 0) is 11.3 Å². The number of ether oxygens (including phenoxy) is 1. The molecule has 0 radical (unpaired) electrons. The van der Waals surface area contributed by atoms with Crippen LogP contribution in [0.2, 0.25) is 0 Å². The van der Waals surface area contributed by atoms with E-state index in [9.17, 15) is 4.79 Å². The molecule has 0 atom stereocenters. The van der Waals surface area contributed by atoms with Crippen LogP contribution in [0.3, 0.4) is 0 Å². The number of anilines is 3. The Labute approximate surface area is 208 Å². The van der Waals surface area contributed by atoms with E-state index >= 15 is 0 Å². The molecule has 1 aromatic carbocycles. The average Bonchev–Trinajstić information content (AvgIpc) is 3.52. The standard InChI is InChI=1S/C25H30N8O3/c1-25(2,3)36-24(34)32-11-9-31(10-12-32)18-7-4-6-17(14-18)16-27-20-15-21-29-22(19-8-5-13-35-19)30-33(21)23(26)28-20/h4-8,13-15,27H,9-12,16H2,1-3H3,(H2,26,28). The lowest BCUT2D eigenvalue weighted by atomic mass is 10.1. The Morgan fingerprint density at radius 3 is 2.64 bits per heavy atom. The lowest BCUT2D eigenvalue weighted by Gasteiger charge is -2.36. The van der Waals surface area contributed by atoms with Crippen molar-refractivity contribution in [2.75, 3.05) is 42.1 Å². The maximum atomic E-state index is 12.3. The quantitative estimate of drug-likeness (QED) is 0.431. The van der Waals surface area contributed by atoms with Gasteiger partial charge in [0.05, 0.1) is 6.26 Å². The molecule has 1 fully saturated rings. The zero-order chi connectivity index (χ0) is 25.3. The summed E-state index contributed by atoms with van der Waals surface area (Å²) < 4.78 is 12.4. The molecule has 4 aromatic rings. The average molecular weight is 491 g/mol. The summed E-state index contributed by atoms with van der Waals surface area (Å²) in [5.41, 5.74) is 8.41. The van der Waals surface area contributed by atoms with Gasteiger partial charge in [-0.3, -0.25) is 0 Å². The van der Waals surface area contributed by atoms with Crippen LogP contribution in [0, 0.1) is 0 Å². The number of carbonyl (C=O) groups excluding carboxylic acids is 1. The van der Waals surface area contributed by atoms with Crippen molar-refractivity contribution in [3.63, 3.8) is 0 Å². The molecule has 36 heavy (non-hydrogen) atoms. The van der Waals surface area contributed by atoms with E-state index in [-0.39, 0.29) is 12.0 Å². The van der Waals surface area contributed by atoms with Crippen LogP contribution in [-0.4, -0.2) is 62.4 Å². The summed E-state index contributed by atoms with van der Waals surface area (Å²) in [5, 5.41) is 7.70. The number of nitrogens with zero attached hydrogens (tertiary/aromatic N) is 6. The predicted molar refractivity (Wildman–Crippen MR) is 137 cm³/mol. The smallest absolute Gasteiger partial charge is 0.410 e. The fraction of sp³-hybridized carbons (Fsp3) is 0.360. The van der Waals surface area contributed by atoms with Gasteiger partial charge in [0.1, 0.15) is 11.4 Å². The lowest BCUT2D eigenvalue weighted by Crippen LogP contribution is -2.50. The van der Waals surface area contributed by atoms with E-state index in [1.165, 1.54) is 4.52 Å². The first kappa shape index (κ1) is 23.5. The van der Waals surface area contributed by atoms with Gasteiger partial charge in [0.25, 0.3) is 0 Å². The largest absolute Gasteiger partial charge is 0.461 e.